The van der Waals surface area contributed by atoms with Crippen molar-refractivity contribution in [3.63, 3.8) is 0 Å². The third-order valence-electron chi connectivity index (χ3n) is 2.57. The van der Waals surface area contributed by atoms with Crippen molar-refractivity contribution in [3.05, 3.63) is 11.9 Å². The van der Waals surface area contributed by atoms with E-state index in [1.165, 1.54) is 0 Å². The molecule has 20 heavy (non-hydrogen) atoms. The van der Waals surface area contributed by atoms with Crippen molar-refractivity contribution in [1.29, 1.82) is 0 Å². The average Bonchev–Trinajstić information content (AvgIpc) is 2.43. The Morgan fingerprint density at radius 1 is 1.40 bits per heavy atom. The van der Waals surface area contributed by atoms with Crippen LogP contribution < -0.4 is 10.6 Å². The van der Waals surface area contributed by atoms with Crippen LogP contribution in [0.2, 0.25) is 0 Å². The van der Waals surface area contributed by atoms with Gasteiger partial charge >= 0.3 is 0 Å². The lowest BCUT2D eigenvalue weighted by molar-refractivity contribution is 0.0996. The predicted molar refractivity (Wildman–Crippen MR) is 84.4 cm³/mol. The zero-order valence-electron chi connectivity index (χ0n) is 12.6. The van der Waals surface area contributed by atoms with Gasteiger partial charge in [-0.15, -0.1) is 0 Å². The lowest BCUT2D eigenvalue weighted by Gasteiger charge is -2.23. The minimum absolute atomic E-state index is 0.377. The normalized spacial score (nSPS) is 13.8. The molecule has 0 aliphatic heterocycles. The molecule has 1 aromatic heterocycles. The molecule has 3 N–H and O–H groups in total. The number of nitrogens with zero attached hydrogens (tertiary/aromatic N) is 2. The third kappa shape index (κ3) is 5.94. The molecule has 0 saturated carbocycles. The Labute approximate surface area is 124 Å². The van der Waals surface area contributed by atoms with Crippen LogP contribution in [-0.2, 0) is 11.3 Å². The van der Waals surface area contributed by atoms with Gasteiger partial charge in [0.25, 0.3) is 0 Å². The molecule has 0 aliphatic carbocycles. The van der Waals surface area contributed by atoms with Crippen molar-refractivity contribution in [2.45, 2.75) is 26.1 Å². The van der Waals surface area contributed by atoms with Crippen molar-refractivity contribution in [1.82, 2.24) is 9.97 Å². The van der Waals surface area contributed by atoms with Gasteiger partial charge in [0.15, 0.2) is 5.82 Å². The Kier molecular flexibility index (Phi) is 7.04. The van der Waals surface area contributed by atoms with Gasteiger partial charge in [0.1, 0.15) is 18.2 Å². The van der Waals surface area contributed by atoms with Gasteiger partial charge in [-0.3, -0.25) is 0 Å². The largest absolute Gasteiger partial charge is 0.387 e. The number of aromatic nitrogens is 2. The molecule has 1 atom stereocenters. The van der Waals surface area contributed by atoms with E-state index >= 15 is 0 Å². The fraction of sp³-hybridized carbons (Fsp3) is 0.692. The molecule has 7 heteroatoms. The number of hydrogen-bond acceptors (Lipinski definition) is 7. The summed E-state index contributed by atoms with van der Waals surface area (Å²) in [5.41, 5.74) is -0.774. The second-order valence-corrected chi connectivity index (χ2v) is 5.59. The van der Waals surface area contributed by atoms with Crippen molar-refractivity contribution in [3.8, 4) is 0 Å². The lowest BCUT2D eigenvalue weighted by Crippen LogP contribution is -2.36. The Bertz CT molecular complexity index is 415. The molecule has 0 aromatic carbocycles. The van der Waals surface area contributed by atoms with E-state index in [0.717, 1.165) is 5.82 Å². The van der Waals surface area contributed by atoms with Gasteiger partial charge in [-0.2, -0.15) is 11.8 Å². The van der Waals surface area contributed by atoms with E-state index < -0.39 is 5.60 Å². The van der Waals surface area contributed by atoms with Crippen LogP contribution in [0, 0.1) is 0 Å². The van der Waals surface area contributed by atoms with Gasteiger partial charge in [-0.05, 0) is 20.1 Å². The molecule has 6 nitrogen and oxygen atoms in total. The monoisotopic (exact) mass is 300 g/mol. The third-order valence-corrected chi connectivity index (χ3v) is 3.48. The molecule has 1 aromatic rings. The summed E-state index contributed by atoms with van der Waals surface area (Å²) >= 11 is 1.61. The first-order valence-electron chi connectivity index (χ1n) is 6.59. The quantitative estimate of drug-likeness (QED) is 0.639. The Morgan fingerprint density at radius 2 is 2.10 bits per heavy atom. The van der Waals surface area contributed by atoms with Crippen LogP contribution in [0.5, 0.6) is 0 Å². The van der Waals surface area contributed by atoms with E-state index in [1.807, 2.05) is 19.2 Å². The summed E-state index contributed by atoms with van der Waals surface area (Å²) in [5, 5.41) is 16.3. The van der Waals surface area contributed by atoms with E-state index in [-0.39, 0.29) is 0 Å². The van der Waals surface area contributed by atoms with Crippen molar-refractivity contribution < 1.29 is 9.84 Å². The molecule has 0 fully saturated rings. The zero-order chi connectivity index (χ0) is 15.0. The number of thioether (sulfide) groups is 1. The van der Waals surface area contributed by atoms with Crippen molar-refractivity contribution in [2.75, 3.05) is 42.8 Å². The second kappa shape index (κ2) is 8.28. The van der Waals surface area contributed by atoms with Crippen LogP contribution in [0.25, 0.3) is 0 Å². The number of hydrogen-bond donors (Lipinski definition) is 3. The summed E-state index contributed by atoms with van der Waals surface area (Å²) in [4.78, 5) is 8.69. The van der Waals surface area contributed by atoms with Crippen LogP contribution in [0.3, 0.4) is 0 Å². The Balaban J connectivity index is 2.73. The van der Waals surface area contributed by atoms with E-state index in [2.05, 4.69) is 20.6 Å². The van der Waals surface area contributed by atoms with Crippen LogP contribution in [0.1, 0.15) is 19.7 Å². The fourth-order valence-corrected chi connectivity index (χ4v) is 2.34. The summed E-state index contributed by atoms with van der Waals surface area (Å²) in [6, 6.07) is 1.81. The highest BCUT2D eigenvalue weighted by atomic mass is 32.2. The summed E-state index contributed by atoms with van der Waals surface area (Å²) < 4.78 is 5.32. The highest BCUT2D eigenvalue weighted by molar-refractivity contribution is 7.98. The Hall–Kier alpha value is -1.05. The van der Waals surface area contributed by atoms with Gasteiger partial charge in [-0.25, -0.2) is 9.97 Å². The number of rotatable bonds is 9. The Morgan fingerprint density at radius 3 is 2.70 bits per heavy atom. The summed E-state index contributed by atoms with van der Waals surface area (Å²) in [6.07, 6.45) is 1.97. The first-order valence-corrected chi connectivity index (χ1v) is 7.98. The summed E-state index contributed by atoms with van der Waals surface area (Å²) in [5.74, 6) is 2.68. The van der Waals surface area contributed by atoms with Crippen molar-refractivity contribution in [2.24, 2.45) is 0 Å². The topological polar surface area (TPSA) is 79.3 Å². The highest BCUT2D eigenvalue weighted by Crippen LogP contribution is 2.15. The fourth-order valence-electron chi connectivity index (χ4n) is 1.62. The van der Waals surface area contributed by atoms with Gasteiger partial charge in [0, 0.05) is 32.0 Å². The van der Waals surface area contributed by atoms with Crippen LogP contribution in [0.4, 0.5) is 11.6 Å². The average molecular weight is 300 g/mol. The standard InChI is InChI=1S/C13H24N4O2S/c1-5-19-7-12-16-10(14-3)6-11(17-12)15-8-13(2,18)9-20-4/h6,18H,5,7-9H2,1-4H3,(H2,14,15,16,17). The summed E-state index contributed by atoms with van der Waals surface area (Å²) in [7, 11) is 1.81. The SMILES string of the molecule is CCOCc1nc(NC)cc(NCC(C)(O)CSC)n1. The maximum atomic E-state index is 10.1. The predicted octanol–water partition coefficient (Wildman–Crippen LogP) is 1.58. The van der Waals surface area contributed by atoms with E-state index in [1.54, 1.807) is 25.7 Å². The number of ether oxygens (including phenoxy) is 1. The molecule has 0 spiro atoms. The highest BCUT2D eigenvalue weighted by Gasteiger charge is 2.19. The summed E-state index contributed by atoms with van der Waals surface area (Å²) in [6.45, 7) is 5.17. The van der Waals surface area contributed by atoms with Gasteiger partial charge in [-0.1, -0.05) is 0 Å². The molecule has 0 amide bonds. The molecule has 0 bridgehead atoms. The molecule has 1 heterocycles. The van der Waals surface area contributed by atoms with Crippen LogP contribution in [-0.4, -0.2) is 52.9 Å². The molecule has 0 saturated heterocycles. The van der Waals surface area contributed by atoms with E-state index in [9.17, 15) is 5.11 Å². The minimum atomic E-state index is -0.774. The smallest absolute Gasteiger partial charge is 0.158 e. The molecular weight excluding hydrogens is 276 g/mol. The van der Waals surface area contributed by atoms with Crippen LogP contribution >= 0.6 is 11.8 Å². The van der Waals surface area contributed by atoms with Gasteiger partial charge in [0.2, 0.25) is 0 Å². The number of anilines is 2. The number of aliphatic hydroxyl groups is 1. The minimum Gasteiger partial charge on any atom is -0.387 e. The first kappa shape index (κ1) is 17.0. The number of nitrogens with one attached hydrogen (secondary N) is 2. The van der Waals surface area contributed by atoms with Crippen LogP contribution in [0.15, 0.2) is 6.07 Å². The lowest BCUT2D eigenvalue weighted by atomic mass is 10.1. The van der Waals surface area contributed by atoms with E-state index in [4.69, 9.17) is 4.74 Å². The molecule has 1 rings (SSSR count). The molecular formula is C13H24N4O2S. The van der Waals surface area contributed by atoms with Gasteiger partial charge in [0.05, 0.1) is 5.60 Å². The molecule has 0 radical (unpaired) electrons. The maximum Gasteiger partial charge on any atom is 0.158 e. The molecule has 114 valence electrons. The van der Waals surface area contributed by atoms with Crippen molar-refractivity contribution >= 4 is 23.4 Å². The van der Waals surface area contributed by atoms with Gasteiger partial charge < -0.3 is 20.5 Å². The first-order chi connectivity index (χ1) is 9.50. The molecule has 0 aliphatic rings. The van der Waals surface area contributed by atoms with E-state index in [0.29, 0.717) is 37.2 Å². The second-order valence-electron chi connectivity index (χ2n) is 4.73. The molecule has 1 unspecified atom stereocenters. The maximum absolute atomic E-state index is 10.1. The zero-order valence-corrected chi connectivity index (χ0v) is 13.4.